The van der Waals surface area contributed by atoms with Crippen molar-refractivity contribution in [1.82, 2.24) is 14.5 Å². The van der Waals surface area contributed by atoms with Crippen molar-refractivity contribution in [2.24, 2.45) is 0 Å². The molecule has 0 radical (unpaired) electrons. The van der Waals surface area contributed by atoms with E-state index in [2.05, 4.69) is 241 Å². The molecule has 0 aliphatic heterocycles. The van der Waals surface area contributed by atoms with Gasteiger partial charge in [-0.2, -0.15) is 0 Å². The van der Waals surface area contributed by atoms with E-state index in [0.717, 1.165) is 58.5 Å². The topological polar surface area (TPSA) is 30.7 Å². The van der Waals surface area contributed by atoms with E-state index in [-0.39, 0.29) is 5.92 Å². The minimum absolute atomic E-state index is 0.0711. The molecular weight excluding hydrogens is 811 g/mol. The molecule has 0 fully saturated rings. The second-order valence-electron chi connectivity index (χ2n) is 17.5. The lowest BCUT2D eigenvalue weighted by atomic mass is 9.83. The van der Waals surface area contributed by atoms with Crippen molar-refractivity contribution in [3.63, 3.8) is 0 Å². The number of nitrogens with zero attached hydrogens (tertiary/aromatic N) is 3. The van der Waals surface area contributed by atoms with E-state index in [4.69, 9.17) is 9.97 Å². The zero-order chi connectivity index (χ0) is 44.5. The molecule has 10 aromatic rings. The number of fused-ring (bicyclic) bond motifs is 3. The molecule has 0 saturated carbocycles. The van der Waals surface area contributed by atoms with Gasteiger partial charge in [-0.3, -0.25) is 0 Å². The van der Waals surface area contributed by atoms with Crippen LogP contribution in [-0.2, 0) is 0 Å². The van der Waals surface area contributed by atoms with Crippen LogP contribution in [0.25, 0.3) is 94.8 Å². The van der Waals surface area contributed by atoms with Gasteiger partial charge in [0.05, 0.1) is 28.1 Å². The summed E-state index contributed by atoms with van der Waals surface area (Å²) in [5.41, 5.74) is 19.3. The minimum Gasteiger partial charge on any atom is -0.308 e. The molecule has 0 saturated heterocycles. The second-order valence-corrected chi connectivity index (χ2v) is 17.5. The van der Waals surface area contributed by atoms with E-state index >= 15 is 0 Å². The van der Waals surface area contributed by atoms with Gasteiger partial charge in [-0.1, -0.05) is 206 Å². The average molecular weight is 858 g/mol. The monoisotopic (exact) mass is 857 g/mol. The first kappa shape index (κ1) is 40.1. The van der Waals surface area contributed by atoms with Gasteiger partial charge in [-0.15, -0.1) is 0 Å². The van der Waals surface area contributed by atoms with Crippen LogP contribution in [0.2, 0.25) is 0 Å². The first-order valence-corrected chi connectivity index (χ1v) is 23.4. The number of hydrogen-bond donors (Lipinski definition) is 0. The van der Waals surface area contributed by atoms with E-state index in [1.165, 1.54) is 66.5 Å². The van der Waals surface area contributed by atoms with Crippen LogP contribution in [0.5, 0.6) is 0 Å². The van der Waals surface area contributed by atoms with Crippen molar-refractivity contribution in [1.29, 1.82) is 0 Å². The largest absolute Gasteiger partial charge is 0.308 e. The van der Waals surface area contributed by atoms with Crippen molar-refractivity contribution >= 4 is 33.0 Å². The zero-order valence-electron chi connectivity index (χ0n) is 37.1. The molecule has 1 atom stereocenters. The SMILES string of the molecule is C1=CC(c2ccc(-c3cc(-c4cc(-c5ccccc5)nc(-c5ccccc5)n4)cc(C4C=CC(c5ccccc5)=CC4)c3-n3c4ccccc4c4cc(-c5ccccc5)ccc43)cc2)=CCC1. The van der Waals surface area contributed by atoms with Gasteiger partial charge >= 0.3 is 0 Å². The molecule has 0 amide bonds. The number of benzene rings is 8. The third-order valence-electron chi connectivity index (χ3n) is 13.4. The summed E-state index contributed by atoms with van der Waals surface area (Å²) in [4.78, 5) is 10.6. The Balaban J connectivity index is 1.14. The maximum absolute atomic E-state index is 5.42. The van der Waals surface area contributed by atoms with Crippen LogP contribution in [0.15, 0.2) is 243 Å². The van der Waals surface area contributed by atoms with Gasteiger partial charge in [0.15, 0.2) is 5.82 Å². The molecule has 8 aromatic carbocycles. The van der Waals surface area contributed by atoms with E-state index in [0.29, 0.717) is 5.82 Å². The second kappa shape index (κ2) is 17.5. The normalized spacial score (nSPS) is 14.6. The lowest BCUT2D eigenvalue weighted by molar-refractivity contribution is 0.846. The summed E-state index contributed by atoms with van der Waals surface area (Å²) in [6, 6.07) is 74.4. The van der Waals surface area contributed by atoms with Crippen LogP contribution in [0, 0.1) is 0 Å². The number of rotatable bonds is 9. The number of allylic oxidation sites excluding steroid dienone is 8. The summed E-state index contributed by atoms with van der Waals surface area (Å²) < 4.78 is 2.54. The lowest BCUT2D eigenvalue weighted by Gasteiger charge is -2.26. The Morgan fingerprint density at radius 1 is 0.403 bits per heavy atom. The van der Waals surface area contributed by atoms with Gasteiger partial charge in [-0.05, 0) is 100 Å². The Labute approximate surface area is 392 Å². The number of aromatic nitrogens is 3. The molecule has 2 aromatic heterocycles. The zero-order valence-corrected chi connectivity index (χ0v) is 37.1. The Morgan fingerprint density at radius 2 is 0.985 bits per heavy atom. The predicted octanol–water partition coefficient (Wildman–Crippen LogP) is 16.8. The summed E-state index contributed by atoms with van der Waals surface area (Å²) in [5.74, 6) is 0.772. The van der Waals surface area contributed by atoms with Crippen LogP contribution in [0.1, 0.15) is 41.9 Å². The van der Waals surface area contributed by atoms with E-state index < -0.39 is 0 Å². The first-order valence-electron chi connectivity index (χ1n) is 23.4. The smallest absolute Gasteiger partial charge is 0.160 e. The van der Waals surface area contributed by atoms with Crippen LogP contribution >= 0.6 is 0 Å². The van der Waals surface area contributed by atoms with Gasteiger partial charge in [0.25, 0.3) is 0 Å². The van der Waals surface area contributed by atoms with Crippen molar-refractivity contribution in [3.05, 3.63) is 259 Å². The van der Waals surface area contributed by atoms with Crippen molar-refractivity contribution < 1.29 is 0 Å². The summed E-state index contributed by atoms with van der Waals surface area (Å²) in [7, 11) is 0. The molecule has 12 rings (SSSR count). The highest BCUT2D eigenvalue weighted by Gasteiger charge is 2.26. The Hall–Kier alpha value is -8.40. The number of para-hydroxylation sites is 1. The van der Waals surface area contributed by atoms with Crippen molar-refractivity contribution in [2.75, 3.05) is 0 Å². The van der Waals surface area contributed by atoms with E-state index in [9.17, 15) is 0 Å². The summed E-state index contributed by atoms with van der Waals surface area (Å²) in [6.07, 6.45) is 17.1. The lowest BCUT2D eigenvalue weighted by Crippen LogP contribution is -2.09. The Morgan fingerprint density at radius 3 is 1.67 bits per heavy atom. The fraction of sp³-hybridized carbons (Fsp3) is 0.0625. The minimum atomic E-state index is 0.0711. The average Bonchev–Trinajstić information content (AvgIpc) is 3.75. The van der Waals surface area contributed by atoms with Gasteiger partial charge in [0.1, 0.15) is 0 Å². The molecular formula is C64H47N3. The summed E-state index contributed by atoms with van der Waals surface area (Å²) in [6.45, 7) is 0. The van der Waals surface area contributed by atoms with Gasteiger partial charge in [0.2, 0.25) is 0 Å². The van der Waals surface area contributed by atoms with E-state index in [1.807, 2.05) is 6.07 Å². The third kappa shape index (κ3) is 7.75. The molecule has 3 nitrogen and oxygen atoms in total. The molecule has 2 aliphatic carbocycles. The standard InChI is InChI=1S/C64H47N3/c1-6-18-44(19-7-1)47-30-34-49(35-31-47)56-41-54(60-43-59(51-24-12-4-13-25-51)65-64(66-60)52-26-14-5-15-27-52)42-57(50-36-32-48(33-37-50)45-20-8-2-9-21-45)63(56)67-61-29-17-16-28-55(61)58-40-53(38-39-62(58)67)46-22-10-3-11-23-46/h1,3-8,10-34,36-43,49H,2,9,35H2. The fourth-order valence-electron chi connectivity index (χ4n) is 10.0. The molecule has 67 heavy (non-hydrogen) atoms. The molecule has 0 spiro atoms. The van der Waals surface area contributed by atoms with Crippen LogP contribution in [-0.4, -0.2) is 14.5 Å². The molecule has 0 bridgehead atoms. The molecule has 3 heteroatoms. The molecule has 0 N–H and O–H groups in total. The highest BCUT2D eigenvalue weighted by Crippen LogP contribution is 2.46. The van der Waals surface area contributed by atoms with Gasteiger partial charge < -0.3 is 4.57 Å². The highest BCUT2D eigenvalue weighted by atomic mass is 15.0. The number of hydrogen-bond acceptors (Lipinski definition) is 2. The molecule has 318 valence electrons. The van der Waals surface area contributed by atoms with Gasteiger partial charge in [0, 0.05) is 38.9 Å². The van der Waals surface area contributed by atoms with Crippen molar-refractivity contribution in [2.45, 2.75) is 25.2 Å². The van der Waals surface area contributed by atoms with Crippen LogP contribution < -0.4 is 0 Å². The van der Waals surface area contributed by atoms with Crippen LogP contribution in [0.4, 0.5) is 0 Å². The van der Waals surface area contributed by atoms with Crippen molar-refractivity contribution in [3.8, 4) is 61.8 Å². The highest BCUT2D eigenvalue weighted by molar-refractivity contribution is 6.11. The fourth-order valence-corrected chi connectivity index (χ4v) is 10.0. The summed E-state index contributed by atoms with van der Waals surface area (Å²) >= 11 is 0. The molecule has 2 aliphatic rings. The Bertz CT molecular complexity index is 3500. The van der Waals surface area contributed by atoms with E-state index in [1.54, 1.807) is 0 Å². The first-order chi connectivity index (χ1) is 33.2. The molecule has 2 heterocycles. The quantitative estimate of drug-likeness (QED) is 0.145. The maximum atomic E-state index is 5.42. The summed E-state index contributed by atoms with van der Waals surface area (Å²) in [5, 5.41) is 2.45. The third-order valence-corrected chi connectivity index (χ3v) is 13.4. The predicted molar refractivity (Wildman–Crippen MR) is 281 cm³/mol. The maximum Gasteiger partial charge on any atom is 0.160 e. The van der Waals surface area contributed by atoms with Gasteiger partial charge in [-0.25, -0.2) is 9.97 Å². The Kier molecular flexibility index (Phi) is 10.5. The molecule has 1 unspecified atom stereocenters. The van der Waals surface area contributed by atoms with Crippen LogP contribution in [0.3, 0.4) is 0 Å².